The van der Waals surface area contributed by atoms with Gasteiger partial charge in [0.1, 0.15) is 5.75 Å². The van der Waals surface area contributed by atoms with Crippen LogP contribution in [-0.4, -0.2) is 54.6 Å². The normalized spacial score (nSPS) is 13.2. The summed E-state index contributed by atoms with van der Waals surface area (Å²) in [6, 6.07) is 19.8. The summed E-state index contributed by atoms with van der Waals surface area (Å²) in [5.74, 6) is 0.337. The summed E-state index contributed by atoms with van der Waals surface area (Å²) < 4.78 is 6.20. The molecule has 192 valence electrons. The Morgan fingerprint density at radius 2 is 1.68 bits per heavy atom. The summed E-state index contributed by atoms with van der Waals surface area (Å²) in [5.41, 5.74) is 2.80. The number of carbonyl (C=O) groups is 2. The second-order valence-corrected chi connectivity index (χ2v) is 9.99. The number of benzene rings is 3. The molecule has 0 saturated carbocycles. The first-order valence-corrected chi connectivity index (χ1v) is 13.4. The fraction of sp³-hybridized carbons (Fsp3) is 0.222. The summed E-state index contributed by atoms with van der Waals surface area (Å²) in [6.07, 6.45) is 0. The van der Waals surface area contributed by atoms with Crippen LogP contribution in [0.1, 0.15) is 27.6 Å². The van der Waals surface area contributed by atoms with Crippen molar-refractivity contribution in [2.45, 2.75) is 6.92 Å². The van der Waals surface area contributed by atoms with Gasteiger partial charge in [-0.2, -0.15) is 0 Å². The highest BCUT2D eigenvalue weighted by Gasteiger charge is 2.24. The monoisotopic (exact) mass is 600 g/mol. The smallest absolute Gasteiger partial charge is 0.257 e. The van der Waals surface area contributed by atoms with Gasteiger partial charge < -0.3 is 19.9 Å². The lowest BCUT2D eigenvalue weighted by Gasteiger charge is -2.37. The number of amides is 2. The maximum Gasteiger partial charge on any atom is 0.257 e. The maximum absolute atomic E-state index is 12.8. The second kappa shape index (κ2) is 12.4. The summed E-state index contributed by atoms with van der Waals surface area (Å²) >= 11 is 14.8. The van der Waals surface area contributed by atoms with Gasteiger partial charge in [-0.25, -0.2) is 0 Å². The number of piperazine rings is 1. The van der Waals surface area contributed by atoms with E-state index in [2.05, 4.69) is 31.5 Å². The molecule has 0 radical (unpaired) electrons. The molecule has 0 atom stereocenters. The van der Waals surface area contributed by atoms with Crippen LogP contribution in [0.2, 0.25) is 5.02 Å². The molecule has 1 fully saturated rings. The molecule has 3 aromatic carbocycles. The van der Waals surface area contributed by atoms with Crippen molar-refractivity contribution in [2.75, 3.05) is 43.0 Å². The van der Waals surface area contributed by atoms with E-state index in [9.17, 15) is 9.59 Å². The molecule has 37 heavy (non-hydrogen) atoms. The molecule has 4 rings (SSSR count). The molecule has 7 nitrogen and oxygen atoms in total. The van der Waals surface area contributed by atoms with E-state index < -0.39 is 0 Å². The van der Waals surface area contributed by atoms with Crippen molar-refractivity contribution in [2.24, 2.45) is 0 Å². The number of ether oxygens (including phenoxy) is 1. The SMILES string of the molecule is CCOc1ccc(C(=O)NC(=S)Nc2ccccc2N2CCN(C(=O)c3ccc(Cl)cc3)CC2)cc1Br. The first kappa shape index (κ1) is 26.9. The molecule has 1 saturated heterocycles. The highest BCUT2D eigenvalue weighted by molar-refractivity contribution is 9.10. The number of nitrogens with one attached hydrogen (secondary N) is 2. The van der Waals surface area contributed by atoms with Gasteiger partial charge in [0.25, 0.3) is 11.8 Å². The number of nitrogens with zero attached hydrogens (tertiary/aromatic N) is 2. The zero-order valence-electron chi connectivity index (χ0n) is 20.2. The van der Waals surface area contributed by atoms with E-state index in [0.717, 1.165) is 11.4 Å². The van der Waals surface area contributed by atoms with Crippen LogP contribution in [0.15, 0.2) is 71.2 Å². The third-order valence-electron chi connectivity index (χ3n) is 5.87. The Morgan fingerprint density at radius 3 is 2.35 bits per heavy atom. The van der Waals surface area contributed by atoms with Gasteiger partial charge in [0.2, 0.25) is 0 Å². The van der Waals surface area contributed by atoms with Crippen LogP contribution in [0.25, 0.3) is 0 Å². The quantitative estimate of drug-likeness (QED) is 0.359. The van der Waals surface area contributed by atoms with Crippen molar-refractivity contribution < 1.29 is 14.3 Å². The topological polar surface area (TPSA) is 73.9 Å². The minimum atomic E-state index is -0.326. The molecule has 2 amide bonds. The summed E-state index contributed by atoms with van der Waals surface area (Å²) in [7, 11) is 0. The molecule has 0 aromatic heterocycles. The molecular weight excluding hydrogens is 576 g/mol. The van der Waals surface area contributed by atoms with Crippen LogP contribution in [0, 0.1) is 0 Å². The lowest BCUT2D eigenvalue weighted by Crippen LogP contribution is -2.49. The average molecular weight is 602 g/mol. The van der Waals surface area contributed by atoms with Gasteiger partial charge in [0.15, 0.2) is 5.11 Å². The predicted octanol–water partition coefficient (Wildman–Crippen LogP) is 5.59. The Hall–Kier alpha value is -3.14. The Balaban J connectivity index is 1.36. The molecule has 0 unspecified atom stereocenters. The van der Waals surface area contributed by atoms with Crippen LogP contribution in [0.3, 0.4) is 0 Å². The molecule has 2 N–H and O–H groups in total. The van der Waals surface area contributed by atoms with E-state index in [1.807, 2.05) is 36.1 Å². The molecule has 0 aliphatic carbocycles. The largest absolute Gasteiger partial charge is 0.493 e. The van der Waals surface area contributed by atoms with E-state index in [-0.39, 0.29) is 16.9 Å². The van der Waals surface area contributed by atoms with Gasteiger partial charge in [0.05, 0.1) is 22.5 Å². The van der Waals surface area contributed by atoms with E-state index in [1.165, 1.54) is 0 Å². The van der Waals surface area contributed by atoms with Crippen LogP contribution >= 0.6 is 39.7 Å². The van der Waals surface area contributed by atoms with Crippen LogP contribution < -0.4 is 20.3 Å². The number of halogens is 2. The minimum Gasteiger partial charge on any atom is -0.493 e. The first-order chi connectivity index (χ1) is 17.9. The Labute approximate surface area is 234 Å². The van der Waals surface area contributed by atoms with Gasteiger partial charge in [-0.3, -0.25) is 14.9 Å². The second-order valence-electron chi connectivity index (χ2n) is 8.29. The minimum absolute atomic E-state index is 0.00690. The number of hydrogen-bond acceptors (Lipinski definition) is 5. The molecular formula is C27H26BrClN4O3S. The number of hydrogen-bond donors (Lipinski definition) is 2. The summed E-state index contributed by atoms with van der Waals surface area (Å²) in [6.45, 7) is 4.93. The average Bonchev–Trinajstić information content (AvgIpc) is 2.90. The fourth-order valence-electron chi connectivity index (χ4n) is 4.02. The van der Waals surface area contributed by atoms with Gasteiger partial charge in [-0.15, -0.1) is 0 Å². The van der Waals surface area contributed by atoms with Crippen LogP contribution in [0.4, 0.5) is 11.4 Å². The molecule has 1 heterocycles. The summed E-state index contributed by atoms with van der Waals surface area (Å²) in [4.78, 5) is 29.6. The van der Waals surface area contributed by atoms with E-state index in [4.69, 9.17) is 28.6 Å². The van der Waals surface area contributed by atoms with Gasteiger partial charge >= 0.3 is 0 Å². The molecule has 1 aliphatic rings. The van der Waals surface area contributed by atoms with Crippen molar-refractivity contribution in [3.05, 3.63) is 87.4 Å². The lowest BCUT2D eigenvalue weighted by molar-refractivity contribution is 0.0746. The Bertz CT molecular complexity index is 1300. The third-order valence-corrected chi connectivity index (χ3v) is 6.95. The van der Waals surface area contributed by atoms with Gasteiger partial charge in [-0.05, 0) is 89.7 Å². The lowest BCUT2D eigenvalue weighted by atomic mass is 10.1. The number of thiocarbonyl (C=S) groups is 1. The Morgan fingerprint density at radius 1 is 1.00 bits per heavy atom. The van der Waals surface area contributed by atoms with E-state index >= 15 is 0 Å². The highest BCUT2D eigenvalue weighted by atomic mass is 79.9. The molecule has 0 spiro atoms. The van der Waals surface area contributed by atoms with Gasteiger partial charge in [0, 0.05) is 42.3 Å². The number of carbonyl (C=O) groups excluding carboxylic acids is 2. The Kier molecular flexibility index (Phi) is 9.02. The van der Waals surface area contributed by atoms with Crippen molar-refractivity contribution >= 4 is 68.1 Å². The molecule has 1 aliphatic heterocycles. The zero-order valence-corrected chi connectivity index (χ0v) is 23.3. The first-order valence-electron chi connectivity index (χ1n) is 11.8. The van der Waals surface area contributed by atoms with Crippen LogP contribution in [0.5, 0.6) is 5.75 Å². The van der Waals surface area contributed by atoms with Gasteiger partial charge in [-0.1, -0.05) is 23.7 Å². The van der Waals surface area contributed by atoms with E-state index in [0.29, 0.717) is 59.2 Å². The predicted molar refractivity (Wildman–Crippen MR) is 155 cm³/mol. The number of para-hydroxylation sites is 2. The molecule has 10 heteroatoms. The number of rotatable bonds is 6. The fourth-order valence-corrected chi connectivity index (χ4v) is 4.85. The maximum atomic E-state index is 12.8. The number of anilines is 2. The zero-order chi connectivity index (χ0) is 26.4. The highest BCUT2D eigenvalue weighted by Crippen LogP contribution is 2.28. The van der Waals surface area contributed by atoms with E-state index in [1.54, 1.807) is 42.5 Å². The van der Waals surface area contributed by atoms with Crippen LogP contribution in [-0.2, 0) is 0 Å². The molecule has 0 bridgehead atoms. The molecule has 3 aromatic rings. The van der Waals surface area contributed by atoms with Crippen molar-refractivity contribution in [1.29, 1.82) is 0 Å². The van der Waals surface area contributed by atoms with Crippen molar-refractivity contribution in [3.63, 3.8) is 0 Å². The van der Waals surface area contributed by atoms with Crippen molar-refractivity contribution in [3.8, 4) is 5.75 Å². The summed E-state index contributed by atoms with van der Waals surface area (Å²) in [5, 5.41) is 6.68. The standard InChI is InChI=1S/C27H26BrClN4O3S/c1-2-36-24-12-9-19(17-21(24)28)25(34)31-27(37)30-22-5-3-4-6-23(22)32-13-15-33(16-14-32)26(35)18-7-10-20(29)11-8-18/h3-12,17H,2,13-16H2,1H3,(H2,30,31,34,37). The van der Waals surface area contributed by atoms with Crippen molar-refractivity contribution in [1.82, 2.24) is 10.2 Å². The third kappa shape index (κ3) is 6.80.